The number of aliphatic hydroxyl groups is 1. The molecule has 0 aliphatic carbocycles. The summed E-state index contributed by atoms with van der Waals surface area (Å²) < 4.78 is 42.2. The van der Waals surface area contributed by atoms with E-state index in [0.29, 0.717) is 50.7 Å². The molecule has 40 heavy (non-hydrogen) atoms. The molecule has 0 spiro atoms. The molecule has 0 unspecified atom stereocenters. The number of anilines is 2. The van der Waals surface area contributed by atoms with Gasteiger partial charge in [0.2, 0.25) is 5.95 Å². The van der Waals surface area contributed by atoms with Crippen LogP contribution in [0.4, 0.5) is 24.5 Å². The average Bonchev–Trinajstić information content (AvgIpc) is 3.41. The van der Waals surface area contributed by atoms with E-state index < -0.39 is 24.6 Å². The average molecular weight is 551 g/mol. The van der Waals surface area contributed by atoms with Gasteiger partial charge in [-0.2, -0.15) is 18.4 Å². The zero-order chi connectivity index (χ0) is 29.2. The zero-order valence-corrected chi connectivity index (χ0v) is 22.4. The Morgan fingerprint density at radius 1 is 1.23 bits per heavy atom. The van der Waals surface area contributed by atoms with E-state index in [1.807, 2.05) is 0 Å². The number of pyridine rings is 2. The first kappa shape index (κ1) is 28.5. The monoisotopic (exact) mass is 550 g/mol. The number of nitrogens with one attached hydrogen (secondary N) is 4. The van der Waals surface area contributed by atoms with Crippen LogP contribution in [0.25, 0.3) is 10.9 Å². The van der Waals surface area contributed by atoms with Gasteiger partial charge in [-0.15, -0.1) is 12.0 Å². The Morgan fingerprint density at radius 3 is 2.60 bits per heavy atom. The number of hydrazine groups is 2. The largest absolute Gasteiger partial charge is 0.388 e. The molecule has 5 N–H and O–H groups in total. The molecule has 3 heterocycles. The Kier molecular flexibility index (Phi) is 7.78. The molecule has 2 aromatic heterocycles. The smallest absolute Gasteiger partial charge is 0.362 e. The van der Waals surface area contributed by atoms with E-state index in [0.717, 1.165) is 6.20 Å². The molecular weight excluding hydrogens is 521 g/mol. The predicted molar refractivity (Wildman–Crippen MR) is 146 cm³/mol. The van der Waals surface area contributed by atoms with Gasteiger partial charge in [0.25, 0.3) is 0 Å². The van der Waals surface area contributed by atoms with Crippen molar-refractivity contribution in [2.24, 2.45) is 5.41 Å². The Bertz CT molecular complexity index is 1550. The summed E-state index contributed by atoms with van der Waals surface area (Å²) in [4.78, 5) is 8.30. The number of alkyl halides is 2. The van der Waals surface area contributed by atoms with Crippen LogP contribution >= 0.6 is 0 Å². The summed E-state index contributed by atoms with van der Waals surface area (Å²) in [6.07, 6.45) is 8.39. The number of benzene rings is 1. The van der Waals surface area contributed by atoms with Crippen LogP contribution in [-0.2, 0) is 0 Å². The first-order valence-electron chi connectivity index (χ1n) is 12.3. The number of fused-ring (bicyclic) bond motifs is 1. The van der Waals surface area contributed by atoms with Crippen LogP contribution in [0.5, 0.6) is 0 Å². The first-order chi connectivity index (χ1) is 18.9. The van der Waals surface area contributed by atoms with E-state index in [4.69, 9.17) is 11.5 Å². The van der Waals surface area contributed by atoms with Gasteiger partial charge in [0.1, 0.15) is 12.7 Å². The molecule has 0 radical (unpaired) electrons. The number of aromatic nitrogens is 2. The van der Waals surface area contributed by atoms with E-state index in [2.05, 4.69) is 64.3 Å². The number of terminal acetylenes is 1. The third-order valence-corrected chi connectivity index (χ3v) is 6.20. The van der Waals surface area contributed by atoms with Crippen molar-refractivity contribution >= 4 is 22.3 Å². The van der Waals surface area contributed by atoms with Crippen molar-refractivity contribution in [3.8, 4) is 18.4 Å². The molecule has 0 saturated heterocycles. The summed E-state index contributed by atoms with van der Waals surface area (Å²) in [5, 5.41) is 26.7. The number of nitrogens with zero attached hydrogens (tertiary/aromatic N) is 4. The number of hydrogen-bond donors (Lipinski definition) is 5. The minimum absolute atomic E-state index is 0.0797. The fraction of sp³-hybridized carbons (Fsp3) is 0.321. The number of nitriles is 1. The van der Waals surface area contributed by atoms with Crippen molar-refractivity contribution in [2.45, 2.75) is 39.8 Å². The fourth-order valence-electron chi connectivity index (χ4n) is 4.19. The van der Waals surface area contributed by atoms with Gasteiger partial charge in [-0.25, -0.2) is 9.99 Å². The molecule has 1 aliphatic rings. The Labute approximate surface area is 230 Å². The second kappa shape index (κ2) is 10.9. The van der Waals surface area contributed by atoms with Crippen LogP contribution in [-0.4, -0.2) is 39.3 Å². The molecule has 0 amide bonds. The summed E-state index contributed by atoms with van der Waals surface area (Å²) in [5.74, 6) is 1.94. The highest BCUT2D eigenvalue weighted by Crippen LogP contribution is 2.35. The van der Waals surface area contributed by atoms with Crippen LogP contribution in [0, 0.1) is 42.0 Å². The first-order valence-corrected chi connectivity index (χ1v) is 12.3. The normalized spacial score (nSPS) is 14.2. The Hall–Kier alpha value is -4.52. The maximum absolute atomic E-state index is 14.2. The van der Waals surface area contributed by atoms with Crippen LogP contribution in [0.2, 0.25) is 0 Å². The molecule has 1 atom stereocenters. The maximum atomic E-state index is 14.2. The third-order valence-electron chi connectivity index (χ3n) is 6.20. The van der Waals surface area contributed by atoms with E-state index in [-0.39, 0.29) is 16.7 Å². The molecule has 0 saturated carbocycles. The second-order valence-electron chi connectivity index (χ2n) is 10.5. The second-order valence-corrected chi connectivity index (χ2v) is 10.5. The van der Waals surface area contributed by atoms with Crippen molar-refractivity contribution in [2.75, 3.05) is 23.8 Å². The van der Waals surface area contributed by atoms with Gasteiger partial charge in [0.15, 0.2) is 0 Å². The Morgan fingerprint density at radius 2 is 1.98 bits per heavy atom. The van der Waals surface area contributed by atoms with Crippen molar-refractivity contribution < 1.29 is 18.3 Å². The maximum Gasteiger partial charge on any atom is 0.362 e. The van der Waals surface area contributed by atoms with Crippen LogP contribution in [0.3, 0.4) is 0 Å². The molecule has 4 rings (SSSR count). The third kappa shape index (κ3) is 5.88. The molecule has 208 valence electrons. The standard InChI is InChI=1S/C28H29F3N8O/c1-6-17-12-33-25-18(11-32)9-19(10-21(25)24(17)34-14-27(3,4)5)36-26(20-7-8-23(29)35-16(20)2)22-13-39(38-37-22)28(30,31)15-40/h1,7-10,12-13,26,36-38,40H,14-15H2,2-5H3,(H,33,34)/t26-/m0/s1. The molecule has 0 fully saturated rings. The summed E-state index contributed by atoms with van der Waals surface area (Å²) in [6.45, 7) is 6.95. The summed E-state index contributed by atoms with van der Waals surface area (Å²) >= 11 is 0. The highest BCUT2D eigenvalue weighted by atomic mass is 19.3. The predicted octanol–water partition coefficient (Wildman–Crippen LogP) is 4.29. The van der Waals surface area contributed by atoms with E-state index in [1.165, 1.54) is 18.3 Å². The molecule has 3 aromatic rings. The number of aryl methyl sites for hydroxylation is 1. The SMILES string of the molecule is C#Cc1cnc2c(C#N)cc(N[C@H](C3=CN(C(F)(F)CO)NN3)c3ccc(F)nc3C)cc2c1NCC(C)(C)C. The van der Waals surface area contributed by atoms with Crippen molar-refractivity contribution in [3.05, 3.63) is 70.7 Å². The van der Waals surface area contributed by atoms with Crippen LogP contribution < -0.4 is 21.6 Å². The quantitative estimate of drug-likeness (QED) is 0.159. The highest BCUT2D eigenvalue weighted by molar-refractivity contribution is 5.99. The van der Waals surface area contributed by atoms with E-state index >= 15 is 0 Å². The Balaban J connectivity index is 1.85. The van der Waals surface area contributed by atoms with Crippen molar-refractivity contribution in [1.29, 1.82) is 5.26 Å². The minimum Gasteiger partial charge on any atom is -0.388 e. The van der Waals surface area contributed by atoms with Gasteiger partial charge in [-0.1, -0.05) is 32.8 Å². The minimum atomic E-state index is -3.60. The van der Waals surface area contributed by atoms with Crippen molar-refractivity contribution in [1.82, 2.24) is 25.9 Å². The van der Waals surface area contributed by atoms with Crippen LogP contribution in [0.15, 0.2) is 42.4 Å². The number of hydrogen-bond acceptors (Lipinski definition) is 9. The lowest BCUT2D eigenvalue weighted by molar-refractivity contribution is -0.171. The van der Waals surface area contributed by atoms with Gasteiger partial charge >= 0.3 is 6.05 Å². The van der Waals surface area contributed by atoms with E-state index in [9.17, 15) is 18.4 Å². The summed E-state index contributed by atoms with van der Waals surface area (Å²) in [7, 11) is 0. The van der Waals surface area contributed by atoms with Gasteiger partial charge in [-0.05, 0) is 30.5 Å². The summed E-state index contributed by atoms with van der Waals surface area (Å²) in [6, 6.07) is 3.72. The molecule has 1 aromatic carbocycles. The molecular formula is C28H29F3N8O. The number of halogens is 3. The van der Waals surface area contributed by atoms with Crippen LogP contribution in [0.1, 0.15) is 49.2 Å². The topological polar surface area (TPSA) is 121 Å². The number of aliphatic hydroxyl groups excluding tert-OH is 1. The molecule has 1 aliphatic heterocycles. The molecule has 9 nitrogen and oxygen atoms in total. The van der Waals surface area contributed by atoms with Gasteiger partial charge in [0.05, 0.1) is 34.1 Å². The summed E-state index contributed by atoms with van der Waals surface area (Å²) in [5.41, 5.74) is 8.25. The van der Waals surface area contributed by atoms with E-state index in [1.54, 1.807) is 19.1 Å². The lowest BCUT2D eigenvalue weighted by atomic mass is 9.96. The van der Waals surface area contributed by atoms with Gasteiger partial charge in [-0.3, -0.25) is 4.98 Å². The lowest BCUT2D eigenvalue weighted by Crippen LogP contribution is -2.49. The molecule has 12 heteroatoms. The van der Waals surface area contributed by atoms with Gasteiger partial charge in [0, 0.05) is 41.3 Å². The zero-order valence-electron chi connectivity index (χ0n) is 22.4. The van der Waals surface area contributed by atoms with Gasteiger partial charge < -0.3 is 21.2 Å². The van der Waals surface area contributed by atoms with Crippen molar-refractivity contribution in [3.63, 3.8) is 0 Å². The molecule has 0 bridgehead atoms. The highest BCUT2D eigenvalue weighted by Gasteiger charge is 2.39. The number of rotatable bonds is 8. The lowest BCUT2D eigenvalue weighted by Gasteiger charge is -2.24. The fourth-order valence-corrected chi connectivity index (χ4v) is 4.19.